The molecule has 4 aromatic rings. The van der Waals surface area contributed by atoms with Crippen LogP contribution in [0.25, 0.3) is 22.6 Å². The monoisotopic (exact) mass is 452 g/mol. The minimum absolute atomic E-state index is 0.537. The van der Waals surface area contributed by atoms with Crippen molar-refractivity contribution in [3.63, 3.8) is 0 Å². The van der Waals surface area contributed by atoms with Crippen LogP contribution < -0.4 is 0 Å². The molecule has 0 unspecified atom stereocenters. The molecule has 0 N–H and O–H groups in total. The van der Waals surface area contributed by atoms with E-state index < -0.39 is 0 Å². The molecule has 2 aromatic carbocycles. The highest BCUT2D eigenvalue weighted by atomic mass is 79.9. The van der Waals surface area contributed by atoms with E-state index in [9.17, 15) is 0 Å². The summed E-state index contributed by atoms with van der Waals surface area (Å²) in [6.07, 6.45) is 0. The van der Waals surface area contributed by atoms with Crippen molar-refractivity contribution in [1.29, 1.82) is 0 Å². The number of thioether (sulfide) groups is 1. The Bertz CT molecular complexity index is 1110. The van der Waals surface area contributed by atoms with E-state index in [2.05, 4.69) is 68.3 Å². The number of nitrogens with zero attached hydrogens (tertiary/aromatic N) is 4. The fraction of sp³-hybridized carbons (Fsp3) is 0.143. The lowest BCUT2D eigenvalue weighted by Gasteiger charge is -2.05. The first kappa shape index (κ1) is 18.8. The van der Waals surface area contributed by atoms with Crippen molar-refractivity contribution in [2.24, 2.45) is 0 Å². The number of benzene rings is 2. The first-order chi connectivity index (χ1) is 13.6. The average Bonchev–Trinajstić information content (AvgIpc) is 3.18. The Morgan fingerprint density at radius 2 is 1.82 bits per heavy atom. The SMILES string of the molecule is Cc1ccc(-c2ccc(SCc3nc(-c4ccccc4Br)no3)nn2)cc1C. The maximum Gasteiger partial charge on any atom is 0.237 e. The normalized spacial score (nSPS) is 11.0. The van der Waals surface area contributed by atoms with Crippen LogP contribution in [-0.2, 0) is 5.75 Å². The predicted molar refractivity (Wildman–Crippen MR) is 114 cm³/mol. The maximum absolute atomic E-state index is 5.36. The summed E-state index contributed by atoms with van der Waals surface area (Å²) in [5.41, 5.74) is 5.35. The van der Waals surface area contributed by atoms with Gasteiger partial charge in [0.15, 0.2) is 0 Å². The third-order valence-electron chi connectivity index (χ3n) is 4.37. The highest BCUT2D eigenvalue weighted by molar-refractivity contribution is 9.10. The molecule has 0 spiro atoms. The van der Waals surface area contributed by atoms with Crippen molar-refractivity contribution >= 4 is 27.7 Å². The van der Waals surface area contributed by atoms with Crippen LogP contribution in [-0.4, -0.2) is 20.3 Å². The molecule has 140 valence electrons. The predicted octanol–water partition coefficient (Wildman–Crippen LogP) is 5.87. The highest BCUT2D eigenvalue weighted by Gasteiger charge is 2.12. The molecule has 4 rings (SSSR count). The third kappa shape index (κ3) is 4.15. The van der Waals surface area contributed by atoms with Crippen molar-refractivity contribution in [3.8, 4) is 22.6 Å². The van der Waals surface area contributed by atoms with Crippen molar-refractivity contribution in [1.82, 2.24) is 20.3 Å². The molecule has 28 heavy (non-hydrogen) atoms. The van der Waals surface area contributed by atoms with E-state index in [1.807, 2.05) is 36.4 Å². The molecule has 0 aliphatic heterocycles. The summed E-state index contributed by atoms with van der Waals surface area (Å²) in [5.74, 6) is 1.66. The molecule has 0 saturated heterocycles. The molecular formula is C21H17BrN4OS. The Labute approximate surface area is 175 Å². The van der Waals surface area contributed by atoms with Gasteiger partial charge in [0.05, 0.1) is 11.4 Å². The third-order valence-corrected chi connectivity index (χ3v) is 5.97. The summed E-state index contributed by atoms with van der Waals surface area (Å²) in [6, 6.07) is 18.0. The molecule has 0 aliphatic rings. The number of hydrogen-bond donors (Lipinski definition) is 0. The van der Waals surface area contributed by atoms with Gasteiger partial charge in [0.1, 0.15) is 5.03 Å². The lowest BCUT2D eigenvalue weighted by molar-refractivity contribution is 0.391. The van der Waals surface area contributed by atoms with E-state index in [0.717, 1.165) is 26.3 Å². The van der Waals surface area contributed by atoms with Gasteiger partial charge in [-0.3, -0.25) is 0 Å². The summed E-state index contributed by atoms with van der Waals surface area (Å²) >= 11 is 5.02. The second-order valence-electron chi connectivity index (χ2n) is 6.34. The second kappa shape index (κ2) is 8.24. The lowest BCUT2D eigenvalue weighted by Crippen LogP contribution is -1.91. The van der Waals surface area contributed by atoms with Crippen LogP contribution >= 0.6 is 27.7 Å². The Morgan fingerprint density at radius 1 is 0.964 bits per heavy atom. The van der Waals surface area contributed by atoms with E-state index in [4.69, 9.17) is 4.52 Å². The Morgan fingerprint density at radius 3 is 2.57 bits per heavy atom. The van der Waals surface area contributed by atoms with Crippen LogP contribution in [0.2, 0.25) is 0 Å². The van der Waals surface area contributed by atoms with Gasteiger partial charge in [-0.2, -0.15) is 4.98 Å². The van der Waals surface area contributed by atoms with E-state index >= 15 is 0 Å². The summed E-state index contributed by atoms with van der Waals surface area (Å²) in [5, 5.41) is 13.5. The van der Waals surface area contributed by atoms with Crippen LogP contribution in [0.1, 0.15) is 17.0 Å². The largest absolute Gasteiger partial charge is 0.338 e. The van der Waals surface area contributed by atoms with E-state index in [-0.39, 0.29) is 0 Å². The van der Waals surface area contributed by atoms with Gasteiger partial charge in [-0.1, -0.05) is 57.1 Å². The zero-order valence-corrected chi connectivity index (χ0v) is 17.8. The van der Waals surface area contributed by atoms with Crippen molar-refractivity contribution in [3.05, 3.63) is 76.1 Å². The number of aryl methyl sites for hydroxylation is 2. The van der Waals surface area contributed by atoms with Crippen LogP contribution in [0.15, 0.2) is 68.6 Å². The van der Waals surface area contributed by atoms with Gasteiger partial charge in [0.2, 0.25) is 11.7 Å². The standard InChI is InChI=1S/C21H17BrN4OS/c1-13-7-8-15(11-14(13)2)18-9-10-20(25-24-18)28-12-19-23-21(26-27-19)16-5-3-4-6-17(16)22/h3-11H,12H2,1-2H3. The van der Waals surface area contributed by atoms with Crippen molar-refractivity contribution in [2.75, 3.05) is 0 Å². The Hall–Kier alpha value is -2.51. The minimum Gasteiger partial charge on any atom is -0.338 e. The van der Waals surface area contributed by atoms with Crippen LogP contribution in [0.5, 0.6) is 0 Å². The maximum atomic E-state index is 5.36. The molecule has 0 radical (unpaired) electrons. The molecule has 0 saturated carbocycles. The molecular weight excluding hydrogens is 436 g/mol. The molecule has 0 bridgehead atoms. The van der Waals surface area contributed by atoms with Gasteiger partial charge in [-0.25, -0.2) is 0 Å². The number of rotatable bonds is 5. The molecule has 2 heterocycles. The Kier molecular flexibility index (Phi) is 5.54. The molecule has 0 amide bonds. The van der Waals surface area contributed by atoms with E-state index in [0.29, 0.717) is 17.5 Å². The van der Waals surface area contributed by atoms with Crippen molar-refractivity contribution in [2.45, 2.75) is 24.6 Å². The van der Waals surface area contributed by atoms with Gasteiger partial charge < -0.3 is 4.52 Å². The number of halogens is 1. The van der Waals surface area contributed by atoms with Gasteiger partial charge in [-0.05, 0) is 55.3 Å². The fourth-order valence-corrected chi connectivity index (χ4v) is 3.77. The zero-order valence-electron chi connectivity index (χ0n) is 15.4. The molecule has 0 atom stereocenters. The topological polar surface area (TPSA) is 64.7 Å². The molecule has 5 nitrogen and oxygen atoms in total. The van der Waals surface area contributed by atoms with Gasteiger partial charge in [0, 0.05) is 15.6 Å². The smallest absolute Gasteiger partial charge is 0.237 e. The first-order valence-corrected chi connectivity index (χ1v) is 10.5. The Balaban J connectivity index is 1.43. The molecule has 7 heteroatoms. The quantitative estimate of drug-likeness (QED) is 0.353. The minimum atomic E-state index is 0.537. The molecule has 0 aliphatic carbocycles. The molecule has 0 fully saturated rings. The van der Waals surface area contributed by atoms with Crippen LogP contribution in [0.3, 0.4) is 0 Å². The van der Waals surface area contributed by atoms with Gasteiger partial charge in [0.25, 0.3) is 0 Å². The second-order valence-corrected chi connectivity index (χ2v) is 8.19. The van der Waals surface area contributed by atoms with Crippen molar-refractivity contribution < 1.29 is 4.52 Å². The number of aromatic nitrogens is 4. The van der Waals surface area contributed by atoms with E-state index in [1.54, 1.807) is 0 Å². The van der Waals surface area contributed by atoms with Crippen LogP contribution in [0, 0.1) is 13.8 Å². The van der Waals surface area contributed by atoms with Crippen LogP contribution in [0.4, 0.5) is 0 Å². The number of hydrogen-bond acceptors (Lipinski definition) is 6. The lowest BCUT2D eigenvalue weighted by atomic mass is 10.0. The summed E-state index contributed by atoms with van der Waals surface area (Å²) in [7, 11) is 0. The fourth-order valence-electron chi connectivity index (χ4n) is 2.65. The summed E-state index contributed by atoms with van der Waals surface area (Å²) in [4.78, 5) is 4.46. The highest BCUT2D eigenvalue weighted by Crippen LogP contribution is 2.27. The zero-order chi connectivity index (χ0) is 19.5. The molecule has 2 aromatic heterocycles. The first-order valence-electron chi connectivity index (χ1n) is 8.72. The van der Waals surface area contributed by atoms with E-state index in [1.165, 1.54) is 22.9 Å². The average molecular weight is 453 g/mol. The summed E-state index contributed by atoms with van der Waals surface area (Å²) in [6.45, 7) is 4.20. The van der Waals surface area contributed by atoms with Gasteiger partial charge in [-0.15, -0.1) is 10.2 Å². The summed E-state index contributed by atoms with van der Waals surface area (Å²) < 4.78 is 6.30. The van der Waals surface area contributed by atoms with Gasteiger partial charge >= 0.3 is 0 Å².